The molecule has 0 aliphatic heterocycles. The van der Waals surface area contributed by atoms with Crippen molar-refractivity contribution in [2.75, 3.05) is 6.54 Å². The quantitative estimate of drug-likeness (QED) is 0.509. The minimum Gasteiger partial charge on any atom is -0.330 e. The van der Waals surface area contributed by atoms with Gasteiger partial charge >= 0.3 is 0 Å². The number of nitrogens with zero attached hydrogens (tertiary/aromatic N) is 2. The Kier molecular flexibility index (Phi) is 3.82. The molecule has 0 spiro atoms. The van der Waals surface area contributed by atoms with Gasteiger partial charge in [0.1, 0.15) is 5.69 Å². The van der Waals surface area contributed by atoms with Crippen LogP contribution in [0.15, 0.2) is 18.6 Å². The van der Waals surface area contributed by atoms with Crippen LogP contribution in [0.2, 0.25) is 0 Å². The Morgan fingerprint density at radius 1 is 1.42 bits per heavy atom. The predicted octanol–water partition coefficient (Wildman–Crippen LogP) is 0.567. The van der Waals surface area contributed by atoms with E-state index < -0.39 is 0 Å². The number of hydrogen-bond donors (Lipinski definition) is 1. The summed E-state index contributed by atoms with van der Waals surface area (Å²) < 4.78 is 0. The topological polar surface area (TPSA) is 51.8 Å². The van der Waals surface area contributed by atoms with Crippen LogP contribution in [0.4, 0.5) is 0 Å². The van der Waals surface area contributed by atoms with Gasteiger partial charge in [0, 0.05) is 18.8 Å². The zero-order chi connectivity index (χ0) is 8.65. The van der Waals surface area contributed by atoms with Crippen LogP contribution >= 0.6 is 0 Å². The molecule has 0 amide bonds. The maximum Gasteiger partial charge on any atom is 0.131 e. The molecule has 3 heteroatoms. The van der Waals surface area contributed by atoms with E-state index in [-0.39, 0.29) is 0 Å². The predicted molar refractivity (Wildman–Crippen MR) is 47.2 cm³/mol. The van der Waals surface area contributed by atoms with Crippen molar-refractivity contribution < 1.29 is 0 Å². The minimum atomic E-state index is 0.690. The first-order chi connectivity index (χ1) is 5.93. The summed E-state index contributed by atoms with van der Waals surface area (Å²) in [4.78, 5) is 7.90. The van der Waals surface area contributed by atoms with E-state index in [4.69, 9.17) is 5.73 Å². The molecule has 62 valence electrons. The molecule has 0 radical (unpaired) electrons. The first-order valence-corrected chi connectivity index (χ1v) is 3.88. The van der Waals surface area contributed by atoms with E-state index in [0.717, 1.165) is 18.5 Å². The smallest absolute Gasteiger partial charge is 0.131 e. The summed E-state index contributed by atoms with van der Waals surface area (Å²) in [5, 5.41) is 0. The van der Waals surface area contributed by atoms with Crippen molar-refractivity contribution in [3.8, 4) is 11.8 Å². The lowest BCUT2D eigenvalue weighted by Gasteiger charge is -1.86. The number of rotatable bonds is 2. The summed E-state index contributed by atoms with van der Waals surface area (Å²) >= 11 is 0. The van der Waals surface area contributed by atoms with E-state index in [1.165, 1.54) is 0 Å². The highest BCUT2D eigenvalue weighted by Gasteiger charge is 1.83. The molecule has 0 aliphatic carbocycles. The Balaban J connectivity index is 2.44. The van der Waals surface area contributed by atoms with Crippen LogP contribution in [0.5, 0.6) is 0 Å². The lowest BCUT2D eigenvalue weighted by Crippen LogP contribution is -1.96. The average molecular weight is 161 g/mol. The van der Waals surface area contributed by atoms with E-state index in [9.17, 15) is 0 Å². The van der Waals surface area contributed by atoms with Gasteiger partial charge in [-0.3, -0.25) is 4.98 Å². The zero-order valence-corrected chi connectivity index (χ0v) is 6.83. The largest absolute Gasteiger partial charge is 0.330 e. The van der Waals surface area contributed by atoms with E-state index >= 15 is 0 Å². The fraction of sp³-hybridized carbons (Fsp3) is 0.333. The molecular weight excluding hydrogens is 150 g/mol. The van der Waals surface area contributed by atoms with Gasteiger partial charge in [-0.15, -0.1) is 0 Å². The second-order valence-corrected chi connectivity index (χ2v) is 2.28. The monoisotopic (exact) mass is 161 g/mol. The van der Waals surface area contributed by atoms with Crippen LogP contribution in [0, 0.1) is 11.8 Å². The van der Waals surface area contributed by atoms with Crippen LogP contribution in [0.3, 0.4) is 0 Å². The molecular formula is C9H11N3. The van der Waals surface area contributed by atoms with Crippen molar-refractivity contribution in [1.29, 1.82) is 0 Å². The number of nitrogens with two attached hydrogens (primary N) is 1. The van der Waals surface area contributed by atoms with Crippen LogP contribution in [-0.2, 0) is 0 Å². The van der Waals surface area contributed by atoms with E-state index in [1.54, 1.807) is 18.6 Å². The summed E-state index contributed by atoms with van der Waals surface area (Å²) in [5.41, 5.74) is 6.03. The van der Waals surface area contributed by atoms with Crippen molar-refractivity contribution in [1.82, 2.24) is 9.97 Å². The lowest BCUT2D eigenvalue weighted by molar-refractivity contribution is 0.869. The summed E-state index contributed by atoms with van der Waals surface area (Å²) in [5.74, 6) is 5.87. The van der Waals surface area contributed by atoms with Crippen LogP contribution in [-0.4, -0.2) is 16.5 Å². The highest BCUT2D eigenvalue weighted by atomic mass is 14.7. The molecule has 1 rings (SSSR count). The molecule has 0 atom stereocenters. The number of hydrogen-bond acceptors (Lipinski definition) is 3. The van der Waals surface area contributed by atoms with E-state index in [1.807, 2.05) is 0 Å². The second kappa shape index (κ2) is 5.28. The van der Waals surface area contributed by atoms with Gasteiger partial charge in [0.2, 0.25) is 0 Å². The maximum absolute atomic E-state index is 5.31. The first kappa shape index (κ1) is 8.69. The molecule has 12 heavy (non-hydrogen) atoms. The Bertz CT molecular complexity index is 271. The Hall–Kier alpha value is -1.40. The highest BCUT2D eigenvalue weighted by molar-refractivity contribution is 5.23. The third-order valence-corrected chi connectivity index (χ3v) is 1.29. The van der Waals surface area contributed by atoms with Gasteiger partial charge in [-0.1, -0.05) is 5.92 Å². The molecule has 1 heterocycles. The van der Waals surface area contributed by atoms with Gasteiger partial charge in [0.05, 0.1) is 6.20 Å². The summed E-state index contributed by atoms with van der Waals surface area (Å²) in [7, 11) is 0. The second-order valence-electron chi connectivity index (χ2n) is 2.28. The van der Waals surface area contributed by atoms with Gasteiger partial charge in [0.15, 0.2) is 0 Å². The fourth-order valence-electron chi connectivity index (χ4n) is 0.707. The Labute approximate surface area is 72.0 Å². The van der Waals surface area contributed by atoms with Gasteiger partial charge in [0.25, 0.3) is 0 Å². The maximum atomic E-state index is 5.31. The lowest BCUT2D eigenvalue weighted by atomic mass is 10.3. The third kappa shape index (κ3) is 3.13. The average Bonchev–Trinajstić information content (AvgIpc) is 2.14. The van der Waals surface area contributed by atoms with Gasteiger partial charge in [-0.2, -0.15) is 0 Å². The van der Waals surface area contributed by atoms with Crippen molar-refractivity contribution in [3.05, 3.63) is 24.3 Å². The summed E-state index contributed by atoms with van der Waals surface area (Å²) in [6.45, 7) is 0.690. The van der Waals surface area contributed by atoms with Gasteiger partial charge in [-0.05, 0) is 18.9 Å². The summed E-state index contributed by atoms with van der Waals surface area (Å²) in [6.07, 6.45) is 6.67. The standard InChI is InChI=1S/C9H11N3/c10-5-3-1-2-4-9-8-11-6-7-12-9/h6-8H,1,3,5,10H2. The Morgan fingerprint density at radius 2 is 2.33 bits per heavy atom. The Morgan fingerprint density at radius 3 is 3.00 bits per heavy atom. The molecule has 2 N–H and O–H groups in total. The van der Waals surface area contributed by atoms with E-state index in [0.29, 0.717) is 6.54 Å². The molecule has 0 fully saturated rings. The van der Waals surface area contributed by atoms with Crippen LogP contribution in [0.1, 0.15) is 18.5 Å². The van der Waals surface area contributed by atoms with Crippen LogP contribution < -0.4 is 5.73 Å². The molecule has 3 nitrogen and oxygen atoms in total. The van der Waals surface area contributed by atoms with E-state index in [2.05, 4.69) is 21.8 Å². The molecule has 0 aliphatic rings. The number of aromatic nitrogens is 2. The molecule has 0 saturated heterocycles. The molecule has 1 aromatic rings. The molecule has 1 aromatic heterocycles. The number of unbranched alkanes of at least 4 members (excludes halogenated alkanes) is 1. The summed E-state index contributed by atoms with van der Waals surface area (Å²) in [6, 6.07) is 0. The first-order valence-electron chi connectivity index (χ1n) is 3.88. The normalized spacial score (nSPS) is 8.75. The van der Waals surface area contributed by atoms with Crippen molar-refractivity contribution in [2.45, 2.75) is 12.8 Å². The minimum absolute atomic E-state index is 0.690. The van der Waals surface area contributed by atoms with Crippen molar-refractivity contribution in [2.24, 2.45) is 5.73 Å². The third-order valence-electron chi connectivity index (χ3n) is 1.29. The SMILES string of the molecule is NCCCC#Cc1cnccn1. The molecule has 0 bridgehead atoms. The van der Waals surface area contributed by atoms with Gasteiger partial charge < -0.3 is 5.73 Å². The zero-order valence-electron chi connectivity index (χ0n) is 6.83. The molecule has 0 saturated carbocycles. The van der Waals surface area contributed by atoms with Crippen LogP contribution in [0.25, 0.3) is 0 Å². The molecule has 0 aromatic carbocycles. The fourth-order valence-corrected chi connectivity index (χ4v) is 0.707. The van der Waals surface area contributed by atoms with Crippen molar-refractivity contribution >= 4 is 0 Å². The molecule has 0 unspecified atom stereocenters. The van der Waals surface area contributed by atoms with Gasteiger partial charge in [-0.25, -0.2) is 4.98 Å². The van der Waals surface area contributed by atoms with Crippen molar-refractivity contribution in [3.63, 3.8) is 0 Å². The highest BCUT2D eigenvalue weighted by Crippen LogP contribution is 1.87.